The molecule has 0 unspecified atom stereocenters. The van der Waals surface area contributed by atoms with Crippen molar-refractivity contribution >= 4 is 31.4 Å². The quantitative estimate of drug-likeness (QED) is 0.515. The summed E-state index contributed by atoms with van der Waals surface area (Å²) in [6.45, 7) is 5.86. The van der Waals surface area contributed by atoms with E-state index in [1.165, 1.54) is 6.07 Å². The van der Waals surface area contributed by atoms with E-state index in [9.17, 15) is 16.8 Å². The zero-order chi connectivity index (χ0) is 18.4. The van der Waals surface area contributed by atoms with Crippen molar-refractivity contribution in [2.75, 3.05) is 18.8 Å². The Morgan fingerprint density at radius 3 is 2.25 bits per heavy atom. The monoisotopic (exact) mass is 397 g/mol. The lowest BCUT2D eigenvalue weighted by Crippen LogP contribution is -2.49. The minimum atomic E-state index is -3.60. The van der Waals surface area contributed by atoms with Gasteiger partial charge in [0.15, 0.2) is 0 Å². The molecule has 1 rings (SSSR count). The van der Waals surface area contributed by atoms with Crippen LogP contribution in [-0.4, -0.2) is 41.2 Å². The first kappa shape index (κ1) is 21.5. The standard InChI is InChI=1S/C14H27N3O4S3/c1-4-14(15,5-2)11-17-24(20,21)13-8-7-12(22-13)9-10-16-23(18,19)6-3/h7-8,16-17H,4-6,9-11,15H2,1-3H3. The van der Waals surface area contributed by atoms with Crippen LogP contribution < -0.4 is 15.2 Å². The van der Waals surface area contributed by atoms with E-state index in [2.05, 4.69) is 9.44 Å². The Morgan fingerprint density at radius 2 is 1.71 bits per heavy atom. The third-order valence-electron chi connectivity index (χ3n) is 4.00. The molecule has 0 aliphatic heterocycles. The lowest BCUT2D eigenvalue weighted by atomic mass is 9.95. The van der Waals surface area contributed by atoms with Crippen LogP contribution in [0, 0.1) is 0 Å². The predicted molar refractivity (Wildman–Crippen MR) is 98.2 cm³/mol. The summed E-state index contributed by atoms with van der Waals surface area (Å²) < 4.78 is 52.6. The average Bonchev–Trinajstić information content (AvgIpc) is 3.02. The Labute approximate surface area is 149 Å². The number of thiophene rings is 1. The molecule has 0 saturated carbocycles. The normalized spacial score (nSPS) is 13.3. The first-order chi connectivity index (χ1) is 11.1. The topological polar surface area (TPSA) is 118 Å². The summed E-state index contributed by atoms with van der Waals surface area (Å²) in [5.41, 5.74) is 5.57. The molecule has 0 atom stereocenters. The van der Waals surface area contributed by atoms with Gasteiger partial charge in [-0.1, -0.05) is 13.8 Å². The second-order valence-electron chi connectivity index (χ2n) is 5.66. The van der Waals surface area contributed by atoms with Crippen LogP contribution in [0.4, 0.5) is 0 Å². The van der Waals surface area contributed by atoms with E-state index in [1.807, 2.05) is 13.8 Å². The van der Waals surface area contributed by atoms with Crippen LogP contribution >= 0.6 is 11.3 Å². The van der Waals surface area contributed by atoms with Crippen molar-refractivity contribution in [3.8, 4) is 0 Å². The molecule has 1 heterocycles. The largest absolute Gasteiger partial charge is 0.324 e. The van der Waals surface area contributed by atoms with Crippen molar-refractivity contribution < 1.29 is 16.8 Å². The van der Waals surface area contributed by atoms with Gasteiger partial charge in [-0.05, 0) is 38.3 Å². The van der Waals surface area contributed by atoms with E-state index < -0.39 is 25.6 Å². The fourth-order valence-corrected chi connectivity index (χ4v) is 5.03. The van der Waals surface area contributed by atoms with Gasteiger partial charge < -0.3 is 5.73 Å². The summed E-state index contributed by atoms with van der Waals surface area (Å²) in [5, 5.41) is 0. The van der Waals surface area contributed by atoms with E-state index in [0.717, 1.165) is 16.2 Å². The van der Waals surface area contributed by atoms with Crippen molar-refractivity contribution in [3.05, 3.63) is 17.0 Å². The summed E-state index contributed by atoms with van der Waals surface area (Å²) in [5.74, 6) is 0.0245. The maximum atomic E-state index is 12.3. The Bertz CT molecular complexity index is 722. The van der Waals surface area contributed by atoms with Gasteiger partial charge in [0.05, 0.1) is 5.75 Å². The molecular weight excluding hydrogens is 370 g/mol. The zero-order valence-electron chi connectivity index (χ0n) is 14.3. The summed E-state index contributed by atoms with van der Waals surface area (Å²) in [6.07, 6.45) is 1.81. The summed E-state index contributed by atoms with van der Waals surface area (Å²) in [4.78, 5) is 0.805. The number of hydrogen-bond acceptors (Lipinski definition) is 6. The molecule has 0 spiro atoms. The molecule has 1 aromatic rings. The highest BCUT2D eigenvalue weighted by molar-refractivity contribution is 7.91. The summed E-state index contributed by atoms with van der Waals surface area (Å²) in [7, 11) is -6.83. The van der Waals surface area contributed by atoms with Crippen LogP contribution in [0.2, 0.25) is 0 Å². The van der Waals surface area contributed by atoms with Crippen LogP contribution in [0.5, 0.6) is 0 Å². The number of rotatable bonds is 11. The number of nitrogens with two attached hydrogens (primary N) is 1. The van der Waals surface area contributed by atoms with Crippen molar-refractivity contribution in [1.82, 2.24) is 9.44 Å². The molecule has 0 aliphatic rings. The number of nitrogens with one attached hydrogen (secondary N) is 2. The molecular formula is C14H27N3O4S3. The fourth-order valence-electron chi connectivity index (χ4n) is 1.88. The Morgan fingerprint density at radius 1 is 1.08 bits per heavy atom. The molecule has 10 heteroatoms. The molecule has 0 amide bonds. The maximum absolute atomic E-state index is 12.3. The van der Waals surface area contributed by atoms with Gasteiger partial charge in [-0.3, -0.25) is 0 Å². The summed E-state index contributed by atoms with van der Waals surface area (Å²) in [6, 6.07) is 3.24. The number of hydrogen-bond donors (Lipinski definition) is 3. The second kappa shape index (κ2) is 8.72. The molecule has 0 radical (unpaired) electrons. The van der Waals surface area contributed by atoms with E-state index in [4.69, 9.17) is 5.73 Å². The molecule has 1 aromatic heterocycles. The van der Waals surface area contributed by atoms with Gasteiger partial charge in [0.2, 0.25) is 20.0 Å². The molecule has 140 valence electrons. The van der Waals surface area contributed by atoms with Crippen molar-refractivity contribution in [2.45, 2.75) is 49.8 Å². The van der Waals surface area contributed by atoms with Gasteiger partial charge in [0, 0.05) is 23.5 Å². The van der Waals surface area contributed by atoms with Gasteiger partial charge >= 0.3 is 0 Å². The Balaban J connectivity index is 2.67. The van der Waals surface area contributed by atoms with Crippen molar-refractivity contribution in [3.63, 3.8) is 0 Å². The van der Waals surface area contributed by atoms with Crippen LogP contribution in [0.3, 0.4) is 0 Å². The van der Waals surface area contributed by atoms with Crippen LogP contribution in [0.1, 0.15) is 38.5 Å². The Kier molecular flexibility index (Phi) is 7.82. The van der Waals surface area contributed by atoms with E-state index in [0.29, 0.717) is 19.3 Å². The fraction of sp³-hybridized carbons (Fsp3) is 0.714. The van der Waals surface area contributed by atoms with E-state index in [-0.39, 0.29) is 23.1 Å². The highest BCUT2D eigenvalue weighted by atomic mass is 32.2. The number of sulfonamides is 2. The van der Waals surface area contributed by atoms with Gasteiger partial charge in [0.1, 0.15) is 4.21 Å². The first-order valence-corrected chi connectivity index (χ1v) is 11.9. The molecule has 24 heavy (non-hydrogen) atoms. The molecule has 0 fully saturated rings. The zero-order valence-corrected chi connectivity index (χ0v) is 16.8. The van der Waals surface area contributed by atoms with Gasteiger partial charge in [0.25, 0.3) is 0 Å². The maximum Gasteiger partial charge on any atom is 0.250 e. The Hall–Kier alpha value is -0.520. The highest BCUT2D eigenvalue weighted by Crippen LogP contribution is 2.22. The van der Waals surface area contributed by atoms with Crippen LogP contribution in [0.15, 0.2) is 16.3 Å². The van der Waals surface area contributed by atoms with Gasteiger partial charge in [-0.15, -0.1) is 11.3 Å². The molecule has 0 aromatic carbocycles. The second-order valence-corrected chi connectivity index (χ2v) is 10.9. The lowest BCUT2D eigenvalue weighted by Gasteiger charge is -2.26. The van der Waals surface area contributed by atoms with E-state index in [1.54, 1.807) is 13.0 Å². The lowest BCUT2D eigenvalue weighted by molar-refractivity contribution is 0.392. The molecule has 0 saturated heterocycles. The molecule has 7 nitrogen and oxygen atoms in total. The van der Waals surface area contributed by atoms with Gasteiger partial charge in [-0.25, -0.2) is 26.3 Å². The van der Waals surface area contributed by atoms with Gasteiger partial charge in [-0.2, -0.15) is 0 Å². The minimum absolute atomic E-state index is 0.0245. The minimum Gasteiger partial charge on any atom is -0.324 e. The highest BCUT2D eigenvalue weighted by Gasteiger charge is 2.24. The van der Waals surface area contributed by atoms with Crippen molar-refractivity contribution in [2.24, 2.45) is 5.73 Å². The van der Waals surface area contributed by atoms with Crippen LogP contribution in [0.25, 0.3) is 0 Å². The molecule has 0 bridgehead atoms. The van der Waals surface area contributed by atoms with E-state index >= 15 is 0 Å². The van der Waals surface area contributed by atoms with Crippen LogP contribution in [-0.2, 0) is 26.5 Å². The smallest absolute Gasteiger partial charge is 0.250 e. The predicted octanol–water partition coefficient (Wildman–Crippen LogP) is 1.03. The molecule has 0 aliphatic carbocycles. The third-order valence-corrected chi connectivity index (χ3v) is 8.44. The summed E-state index contributed by atoms with van der Waals surface area (Å²) >= 11 is 1.14. The molecule has 4 N–H and O–H groups in total. The SMILES string of the molecule is CCC(N)(CC)CNS(=O)(=O)c1ccc(CCNS(=O)(=O)CC)s1. The average molecular weight is 398 g/mol. The van der Waals surface area contributed by atoms with Crippen molar-refractivity contribution in [1.29, 1.82) is 0 Å². The first-order valence-electron chi connectivity index (χ1n) is 7.92. The third kappa shape index (κ3) is 6.41.